The van der Waals surface area contributed by atoms with Gasteiger partial charge in [-0.25, -0.2) is 15.0 Å². The monoisotopic (exact) mass is 610 g/mol. The van der Waals surface area contributed by atoms with Gasteiger partial charge in [0.1, 0.15) is 11.2 Å². The van der Waals surface area contributed by atoms with E-state index in [-0.39, 0.29) is 69.3 Å². The van der Waals surface area contributed by atoms with E-state index in [1.54, 1.807) is 0 Å². The van der Waals surface area contributed by atoms with Crippen molar-refractivity contribution in [3.8, 4) is 56.4 Å². The summed E-state index contributed by atoms with van der Waals surface area (Å²) in [6.07, 6.45) is 0. The molecule has 2 aromatic heterocycles. The van der Waals surface area contributed by atoms with E-state index in [9.17, 15) is 0 Å². The standard InChI is InChI=1S/C43H27N3O/c1-3-13-29(14-4-1)37-27-31(25-26-34(37)33-21-11-18-28-15-7-8-19-32(28)33)42-44-41(30-16-5-2-6-17-30)45-43(46-42)36-22-12-24-39-40(36)35-20-9-10-23-38(35)47-39/h1-27H/i2D,5D,6D,9D,16D,17D,22D,23D,24D. The van der Waals surface area contributed by atoms with Crippen molar-refractivity contribution in [2.75, 3.05) is 0 Å². The number of fused-ring (bicyclic) bond motifs is 4. The molecular weight excluding hydrogens is 574 g/mol. The minimum Gasteiger partial charge on any atom is -0.456 e. The Morgan fingerprint density at radius 1 is 0.426 bits per heavy atom. The first kappa shape index (κ1) is 19.2. The summed E-state index contributed by atoms with van der Waals surface area (Å²) in [6, 6.07) is 30.9. The zero-order valence-electron chi connectivity index (χ0n) is 33.6. The lowest BCUT2D eigenvalue weighted by atomic mass is 9.90. The lowest BCUT2D eigenvalue weighted by Gasteiger charge is -2.15. The Morgan fingerprint density at radius 2 is 1.19 bits per heavy atom. The molecule has 9 rings (SSSR count). The van der Waals surface area contributed by atoms with Crippen molar-refractivity contribution in [2.24, 2.45) is 0 Å². The molecule has 0 radical (unpaired) electrons. The number of hydrogen-bond acceptors (Lipinski definition) is 4. The molecule has 47 heavy (non-hydrogen) atoms. The molecule has 0 saturated heterocycles. The van der Waals surface area contributed by atoms with Crippen LogP contribution in [0.1, 0.15) is 12.3 Å². The van der Waals surface area contributed by atoms with Crippen LogP contribution >= 0.6 is 0 Å². The highest BCUT2D eigenvalue weighted by atomic mass is 16.3. The van der Waals surface area contributed by atoms with Crippen LogP contribution in [0.2, 0.25) is 0 Å². The molecule has 4 nitrogen and oxygen atoms in total. The maximum atomic E-state index is 9.10. The molecule has 2 heterocycles. The molecule has 0 saturated carbocycles. The lowest BCUT2D eigenvalue weighted by Crippen LogP contribution is -2.01. The molecule has 0 atom stereocenters. The van der Waals surface area contributed by atoms with E-state index >= 15 is 0 Å². The van der Waals surface area contributed by atoms with Crippen LogP contribution in [0.15, 0.2) is 168 Å². The third-order valence-corrected chi connectivity index (χ3v) is 8.15. The van der Waals surface area contributed by atoms with Crippen molar-refractivity contribution in [3.05, 3.63) is 164 Å². The van der Waals surface area contributed by atoms with Crippen molar-refractivity contribution in [3.63, 3.8) is 0 Å². The van der Waals surface area contributed by atoms with Gasteiger partial charge < -0.3 is 4.42 Å². The maximum Gasteiger partial charge on any atom is 0.164 e. The first-order valence-corrected chi connectivity index (χ1v) is 15.0. The normalized spacial score (nSPS) is 14.1. The van der Waals surface area contributed by atoms with Crippen LogP contribution in [0.25, 0.3) is 89.1 Å². The third-order valence-electron chi connectivity index (χ3n) is 8.15. The fourth-order valence-corrected chi connectivity index (χ4v) is 6.02. The minimum atomic E-state index is -0.571. The van der Waals surface area contributed by atoms with Gasteiger partial charge in [0.15, 0.2) is 17.5 Å². The molecule has 0 unspecified atom stereocenters. The van der Waals surface area contributed by atoms with E-state index in [0.29, 0.717) is 10.9 Å². The molecule has 0 fully saturated rings. The van der Waals surface area contributed by atoms with Crippen molar-refractivity contribution < 1.29 is 16.8 Å². The van der Waals surface area contributed by atoms with Crippen molar-refractivity contribution in [1.29, 1.82) is 0 Å². The van der Waals surface area contributed by atoms with Crippen LogP contribution in [0.5, 0.6) is 0 Å². The van der Waals surface area contributed by atoms with E-state index in [1.807, 2.05) is 66.7 Å². The molecular formula is C43H27N3O. The largest absolute Gasteiger partial charge is 0.456 e. The molecule has 0 aliphatic carbocycles. The Kier molecular flexibility index (Phi) is 4.57. The number of benzene rings is 7. The van der Waals surface area contributed by atoms with Gasteiger partial charge in [-0.05, 0) is 51.2 Å². The molecule has 220 valence electrons. The van der Waals surface area contributed by atoms with Crippen LogP contribution in [-0.2, 0) is 0 Å². The molecule has 0 aliphatic rings. The number of nitrogens with zero attached hydrogens (tertiary/aromatic N) is 3. The van der Waals surface area contributed by atoms with E-state index in [0.717, 1.165) is 33.0 Å². The molecule has 7 aromatic carbocycles. The second-order valence-corrected chi connectivity index (χ2v) is 10.9. The Hall–Kier alpha value is -6.39. The van der Waals surface area contributed by atoms with Crippen LogP contribution < -0.4 is 0 Å². The van der Waals surface area contributed by atoms with E-state index in [2.05, 4.69) is 29.2 Å². The molecule has 0 N–H and O–H groups in total. The van der Waals surface area contributed by atoms with Crippen LogP contribution in [0.4, 0.5) is 0 Å². The van der Waals surface area contributed by atoms with Crippen molar-refractivity contribution in [2.45, 2.75) is 0 Å². The zero-order valence-corrected chi connectivity index (χ0v) is 24.6. The van der Waals surface area contributed by atoms with E-state index < -0.39 is 30.2 Å². The van der Waals surface area contributed by atoms with Gasteiger partial charge in [-0.15, -0.1) is 0 Å². The SMILES string of the molecule is [2H]c1cc([2H])c2oc3c([2H])cc([2H])c(-c4nc(-c5ccc(-c6cccc7ccccc67)c(-c6ccccc6)c5)nc(-c5c([2H])c([2H])c([2H])c([2H])c5[2H])n4)c3c2c1. The number of para-hydroxylation sites is 1. The second-order valence-electron chi connectivity index (χ2n) is 10.9. The molecule has 0 aliphatic heterocycles. The molecule has 0 bridgehead atoms. The maximum absolute atomic E-state index is 9.10. The van der Waals surface area contributed by atoms with Gasteiger partial charge in [-0.3, -0.25) is 0 Å². The average Bonchev–Trinajstić information content (AvgIpc) is 3.59. The highest BCUT2D eigenvalue weighted by Crippen LogP contribution is 2.40. The van der Waals surface area contributed by atoms with Gasteiger partial charge in [0.05, 0.1) is 12.3 Å². The predicted molar refractivity (Wildman–Crippen MR) is 192 cm³/mol. The summed E-state index contributed by atoms with van der Waals surface area (Å²) in [5, 5.41) is 2.69. The van der Waals surface area contributed by atoms with Gasteiger partial charge in [0.2, 0.25) is 0 Å². The Balaban J connectivity index is 1.37. The highest BCUT2D eigenvalue weighted by Gasteiger charge is 2.19. The summed E-state index contributed by atoms with van der Waals surface area (Å²) in [5.41, 5.74) is 4.28. The molecule has 9 aromatic rings. The Labute approximate surface area is 284 Å². The number of hydrogen-bond donors (Lipinski definition) is 0. The summed E-state index contributed by atoms with van der Waals surface area (Å²) in [4.78, 5) is 14.3. The van der Waals surface area contributed by atoms with Crippen LogP contribution in [0.3, 0.4) is 0 Å². The van der Waals surface area contributed by atoms with Crippen molar-refractivity contribution >= 4 is 32.7 Å². The second kappa shape index (κ2) is 11.2. The van der Waals surface area contributed by atoms with E-state index in [4.69, 9.17) is 26.7 Å². The summed E-state index contributed by atoms with van der Waals surface area (Å²) >= 11 is 0. The fourth-order valence-electron chi connectivity index (χ4n) is 6.02. The summed E-state index contributed by atoms with van der Waals surface area (Å²) in [7, 11) is 0. The average molecular weight is 611 g/mol. The quantitative estimate of drug-likeness (QED) is 0.195. The third kappa shape index (κ3) is 4.75. The fraction of sp³-hybridized carbons (Fsp3) is 0. The lowest BCUT2D eigenvalue weighted by molar-refractivity contribution is 0.669. The van der Waals surface area contributed by atoms with E-state index in [1.165, 1.54) is 18.2 Å². The van der Waals surface area contributed by atoms with Gasteiger partial charge in [0.25, 0.3) is 0 Å². The molecule has 0 spiro atoms. The smallest absolute Gasteiger partial charge is 0.164 e. The minimum absolute atomic E-state index is 0.0222. The van der Waals surface area contributed by atoms with Crippen molar-refractivity contribution in [1.82, 2.24) is 15.0 Å². The first-order chi connectivity index (χ1) is 27.0. The highest BCUT2D eigenvalue weighted by molar-refractivity contribution is 6.11. The van der Waals surface area contributed by atoms with Crippen LogP contribution in [0, 0.1) is 0 Å². The zero-order chi connectivity index (χ0) is 39.0. The summed E-state index contributed by atoms with van der Waals surface area (Å²) in [5.74, 6) is -0.217. The van der Waals surface area contributed by atoms with Gasteiger partial charge in [0, 0.05) is 27.5 Å². The summed E-state index contributed by atoms with van der Waals surface area (Å²) in [6.45, 7) is 0. The molecule has 4 heteroatoms. The Bertz CT molecular complexity index is 3060. The van der Waals surface area contributed by atoms with Gasteiger partial charge in [-0.1, -0.05) is 145 Å². The predicted octanol–water partition coefficient (Wildman–Crippen LogP) is 11.3. The number of aromatic nitrogens is 3. The summed E-state index contributed by atoms with van der Waals surface area (Å²) < 4.78 is 83.2. The number of furan rings is 1. The number of rotatable bonds is 5. The van der Waals surface area contributed by atoms with Gasteiger partial charge >= 0.3 is 0 Å². The molecule has 0 amide bonds. The first-order valence-electron chi connectivity index (χ1n) is 19.5. The topological polar surface area (TPSA) is 51.8 Å². The van der Waals surface area contributed by atoms with Crippen LogP contribution in [-0.4, -0.2) is 15.0 Å². The van der Waals surface area contributed by atoms with Gasteiger partial charge in [-0.2, -0.15) is 0 Å². The Morgan fingerprint density at radius 3 is 2.09 bits per heavy atom.